The van der Waals surface area contributed by atoms with Gasteiger partial charge in [0.25, 0.3) is 0 Å². The number of hydrogen-bond acceptors (Lipinski definition) is 5. The average molecular weight is 258 g/mol. The number of nitrogens with zero attached hydrogens (tertiary/aromatic N) is 3. The molecule has 0 amide bonds. The van der Waals surface area contributed by atoms with Gasteiger partial charge in [0.05, 0.1) is 10.6 Å². The van der Waals surface area contributed by atoms with E-state index in [1.54, 1.807) is 0 Å². The molecular formula is C13H14N4S. The SMILES string of the molecule is CCCNc1ncc(C)c(-c2ccc(C#N)s2)n1. The maximum atomic E-state index is 8.85. The maximum Gasteiger partial charge on any atom is 0.223 e. The van der Waals surface area contributed by atoms with Gasteiger partial charge in [0, 0.05) is 12.7 Å². The maximum absolute atomic E-state index is 8.85. The van der Waals surface area contributed by atoms with Crippen molar-refractivity contribution in [1.82, 2.24) is 9.97 Å². The first-order chi connectivity index (χ1) is 8.74. The third-order valence-electron chi connectivity index (χ3n) is 2.45. The third-order valence-corrected chi connectivity index (χ3v) is 3.45. The van der Waals surface area contributed by atoms with Crippen LogP contribution < -0.4 is 5.32 Å². The van der Waals surface area contributed by atoms with E-state index in [4.69, 9.17) is 5.26 Å². The number of hydrogen-bond donors (Lipinski definition) is 1. The van der Waals surface area contributed by atoms with Crippen molar-refractivity contribution in [2.75, 3.05) is 11.9 Å². The van der Waals surface area contributed by atoms with Crippen LogP contribution in [0.2, 0.25) is 0 Å². The number of anilines is 1. The van der Waals surface area contributed by atoms with Crippen LogP contribution >= 0.6 is 11.3 Å². The summed E-state index contributed by atoms with van der Waals surface area (Å²) in [5, 5.41) is 12.0. The van der Waals surface area contributed by atoms with Gasteiger partial charge in [-0.3, -0.25) is 0 Å². The van der Waals surface area contributed by atoms with E-state index in [1.165, 1.54) is 11.3 Å². The van der Waals surface area contributed by atoms with Crippen LogP contribution in [0.4, 0.5) is 5.95 Å². The van der Waals surface area contributed by atoms with Gasteiger partial charge in [-0.2, -0.15) is 5.26 Å². The molecule has 0 saturated heterocycles. The van der Waals surface area contributed by atoms with Gasteiger partial charge in [-0.1, -0.05) is 6.92 Å². The number of aryl methyl sites for hydroxylation is 1. The van der Waals surface area contributed by atoms with Crippen LogP contribution in [0.15, 0.2) is 18.3 Å². The summed E-state index contributed by atoms with van der Waals surface area (Å²) in [6.07, 6.45) is 2.84. The van der Waals surface area contributed by atoms with Crippen molar-refractivity contribution in [2.45, 2.75) is 20.3 Å². The van der Waals surface area contributed by atoms with E-state index >= 15 is 0 Å². The number of rotatable bonds is 4. The molecule has 1 N–H and O–H groups in total. The van der Waals surface area contributed by atoms with Gasteiger partial charge in [0.2, 0.25) is 5.95 Å². The van der Waals surface area contributed by atoms with Crippen molar-refractivity contribution in [3.63, 3.8) is 0 Å². The fourth-order valence-electron chi connectivity index (χ4n) is 1.54. The minimum Gasteiger partial charge on any atom is -0.354 e. The van der Waals surface area contributed by atoms with Crippen LogP contribution in [0.3, 0.4) is 0 Å². The smallest absolute Gasteiger partial charge is 0.223 e. The Morgan fingerprint density at radius 2 is 2.28 bits per heavy atom. The topological polar surface area (TPSA) is 61.6 Å². The highest BCUT2D eigenvalue weighted by molar-refractivity contribution is 7.16. The van der Waals surface area contributed by atoms with Gasteiger partial charge in [-0.05, 0) is 31.0 Å². The molecule has 0 fully saturated rings. The first-order valence-electron chi connectivity index (χ1n) is 5.82. The molecule has 2 rings (SSSR count). The Morgan fingerprint density at radius 1 is 1.44 bits per heavy atom. The molecule has 18 heavy (non-hydrogen) atoms. The molecule has 0 aliphatic heterocycles. The average Bonchev–Trinajstić information content (AvgIpc) is 2.86. The van der Waals surface area contributed by atoms with Gasteiger partial charge < -0.3 is 5.32 Å². The van der Waals surface area contributed by atoms with E-state index in [2.05, 4.69) is 28.3 Å². The lowest BCUT2D eigenvalue weighted by Crippen LogP contribution is -2.05. The first-order valence-corrected chi connectivity index (χ1v) is 6.64. The Balaban J connectivity index is 2.34. The minimum absolute atomic E-state index is 0.643. The zero-order valence-electron chi connectivity index (χ0n) is 10.4. The molecule has 0 atom stereocenters. The van der Waals surface area contributed by atoms with E-state index in [9.17, 15) is 0 Å². The fourth-order valence-corrected chi connectivity index (χ4v) is 2.40. The van der Waals surface area contributed by atoms with Crippen molar-refractivity contribution in [1.29, 1.82) is 5.26 Å². The van der Waals surface area contributed by atoms with Crippen LogP contribution in [0.25, 0.3) is 10.6 Å². The predicted octanol–water partition coefficient (Wildman–Crippen LogP) is 3.21. The van der Waals surface area contributed by atoms with E-state index in [0.29, 0.717) is 10.8 Å². The molecule has 2 heterocycles. The van der Waals surface area contributed by atoms with Crippen LogP contribution in [-0.4, -0.2) is 16.5 Å². The predicted molar refractivity (Wildman–Crippen MR) is 73.6 cm³/mol. The Hall–Kier alpha value is -1.93. The molecule has 0 saturated carbocycles. The Bertz CT molecular complexity index is 583. The van der Waals surface area contributed by atoms with Crippen molar-refractivity contribution < 1.29 is 0 Å². The van der Waals surface area contributed by atoms with Gasteiger partial charge in [-0.25, -0.2) is 9.97 Å². The molecule has 0 bridgehead atoms. The molecule has 0 aliphatic carbocycles. The summed E-state index contributed by atoms with van der Waals surface area (Å²) in [6, 6.07) is 5.90. The quantitative estimate of drug-likeness (QED) is 0.914. The molecule has 0 radical (unpaired) electrons. The van der Waals surface area contributed by atoms with Crippen molar-refractivity contribution in [2.24, 2.45) is 0 Å². The summed E-state index contributed by atoms with van der Waals surface area (Å²) in [5.74, 6) is 0.643. The molecule has 0 aliphatic rings. The molecule has 2 aromatic rings. The summed E-state index contributed by atoms with van der Waals surface area (Å²) in [7, 11) is 0. The molecule has 5 heteroatoms. The molecule has 0 spiro atoms. The van der Waals surface area contributed by atoms with Crippen LogP contribution in [0.1, 0.15) is 23.8 Å². The standard InChI is InChI=1S/C13H14N4S/c1-3-6-15-13-16-8-9(2)12(17-13)11-5-4-10(7-14)18-11/h4-5,8H,3,6H2,1-2H3,(H,15,16,17). The van der Waals surface area contributed by atoms with Gasteiger partial charge in [-0.15, -0.1) is 11.3 Å². The minimum atomic E-state index is 0.643. The second-order valence-electron chi connectivity index (χ2n) is 3.93. The lowest BCUT2D eigenvalue weighted by molar-refractivity contribution is 0.951. The largest absolute Gasteiger partial charge is 0.354 e. The van der Waals surface area contributed by atoms with Crippen LogP contribution in [-0.2, 0) is 0 Å². The van der Waals surface area contributed by atoms with Crippen molar-refractivity contribution in [3.05, 3.63) is 28.8 Å². The summed E-state index contributed by atoms with van der Waals surface area (Å²) in [6.45, 7) is 4.93. The molecule has 4 nitrogen and oxygen atoms in total. The molecule has 0 aromatic carbocycles. The van der Waals surface area contributed by atoms with Gasteiger partial charge >= 0.3 is 0 Å². The number of nitrogens with one attached hydrogen (secondary N) is 1. The van der Waals surface area contributed by atoms with Gasteiger partial charge in [0.1, 0.15) is 10.9 Å². The molecule has 2 aromatic heterocycles. The lowest BCUT2D eigenvalue weighted by Gasteiger charge is -2.06. The molecular weight excluding hydrogens is 244 g/mol. The normalized spacial score (nSPS) is 10.1. The summed E-state index contributed by atoms with van der Waals surface area (Å²) in [5.41, 5.74) is 1.92. The van der Waals surface area contributed by atoms with E-state index in [1.807, 2.05) is 25.3 Å². The van der Waals surface area contributed by atoms with Gasteiger partial charge in [0.15, 0.2) is 0 Å². The number of nitriles is 1. The molecule has 92 valence electrons. The zero-order chi connectivity index (χ0) is 13.0. The Morgan fingerprint density at radius 3 is 2.94 bits per heavy atom. The van der Waals surface area contributed by atoms with E-state index < -0.39 is 0 Å². The highest BCUT2D eigenvalue weighted by Gasteiger charge is 2.09. The van der Waals surface area contributed by atoms with Crippen molar-refractivity contribution >= 4 is 17.3 Å². The second kappa shape index (κ2) is 5.61. The zero-order valence-corrected chi connectivity index (χ0v) is 11.2. The molecule has 0 unspecified atom stereocenters. The number of aromatic nitrogens is 2. The Kier molecular flexibility index (Phi) is 3.90. The van der Waals surface area contributed by atoms with Crippen molar-refractivity contribution in [3.8, 4) is 16.6 Å². The lowest BCUT2D eigenvalue weighted by atomic mass is 10.2. The Labute approximate surface area is 110 Å². The summed E-state index contributed by atoms with van der Waals surface area (Å²) < 4.78 is 0. The monoisotopic (exact) mass is 258 g/mol. The second-order valence-corrected chi connectivity index (χ2v) is 5.01. The van der Waals surface area contributed by atoms with Crippen LogP contribution in [0, 0.1) is 18.3 Å². The first kappa shape index (κ1) is 12.5. The summed E-state index contributed by atoms with van der Waals surface area (Å²) in [4.78, 5) is 10.5. The summed E-state index contributed by atoms with van der Waals surface area (Å²) >= 11 is 1.45. The fraction of sp³-hybridized carbons (Fsp3) is 0.308. The number of thiophene rings is 1. The highest BCUT2D eigenvalue weighted by atomic mass is 32.1. The van der Waals surface area contributed by atoms with Crippen LogP contribution in [0.5, 0.6) is 0 Å². The third kappa shape index (κ3) is 2.66. The van der Waals surface area contributed by atoms with E-state index in [-0.39, 0.29) is 0 Å². The van der Waals surface area contributed by atoms with E-state index in [0.717, 1.165) is 29.1 Å². The highest BCUT2D eigenvalue weighted by Crippen LogP contribution is 2.28.